The van der Waals surface area contributed by atoms with Crippen molar-refractivity contribution in [2.24, 2.45) is 0 Å². The van der Waals surface area contributed by atoms with Crippen molar-refractivity contribution in [2.45, 2.75) is 43.0 Å². The number of benzene rings is 1. The van der Waals surface area contributed by atoms with E-state index in [1.165, 1.54) is 34.3 Å². The van der Waals surface area contributed by atoms with E-state index in [9.17, 15) is 9.59 Å². The van der Waals surface area contributed by atoms with Crippen LogP contribution in [0.3, 0.4) is 0 Å². The number of carbonyl (C=O) groups is 1. The van der Waals surface area contributed by atoms with Gasteiger partial charge in [0, 0.05) is 36.7 Å². The van der Waals surface area contributed by atoms with Gasteiger partial charge in [0.15, 0.2) is 5.16 Å². The van der Waals surface area contributed by atoms with Crippen molar-refractivity contribution in [2.75, 3.05) is 31.1 Å². The number of piperazine rings is 1. The van der Waals surface area contributed by atoms with E-state index >= 15 is 0 Å². The number of amides is 1. The maximum atomic E-state index is 13.0. The summed E-state index contributed by atoms with van der Waals surface area (Å²) in [5.74, 6) is 0.103. The highest BCUT2D eigenvalue weighted by molar-refractivity contribution is 8.00. The lowest BCUT2D eigenvalue weighted by atomic mass is 9.97. The van der Waals surface area contributed by atoms with E-state index in [1.54, 1.807) is 11.3 Å². The van der Waals surface area contributed by atoms with Crippen molar-refractivity contribution in [3.05, 3.63) is 51.1 Å². The average molecular weight is 455 g/mol. The smallest absolute Gasteiger partial charge is 0.260 e. The largest absolute Gasteiger partial charge is 0.368 e. The Morgan fingerprint density at radius 2 is 1.87 bits per heavy atom. The second-order valence-corrected chi connectivity index (χ2v) is 10.6. The van der Waals surface area contributed by atoms with Crippen molar-refractivity contribution in [3.8, 4) is 0 Å². The first-order valence-electron chi connectivity index (χ1n) is 10.9. The van der Waals surface area contributed by atoms with E-state index in [0.29, 0.717) is 18.2 Å². The predicted octanol–water partition coefficient (Wildman–Crippen LogP) is 3.69. The molecule has 1 N–H and O–H groups in total. The summed E-state index contributed by atoms with van der Waals surface area (Å²) in [6.45, 7) is 4.97. The quantitative estimate of drug-likeness (QED) is 0.481. The normalized spacial score (nSPS) is 17.6. The summed E-state index contributed by atoms with van der Waals surface area (Å²) in [4.78, 5) is 39.8. The van der Waals surface area contributed by atoms with Crippen LogP contribution in [0.4, 0.5) is 5.69 Å². The van der Waals surface area contributed by atoms with Crippen LogP contribution in [-0.4, -0.2) is 52.2 Å². The van der Waals surface area contributed by atoms with E-state index < -0.39 is 0 Å². The van der Waals surface area contributed by atoms with Crippen LogP contribution in [0.25, 0.3) is 10.2 Å². The summed E-state index contributed by atoms with van der Waals surface area (Å²) in [5.41, 5.74) is 2.32. The molecule has 0 unspecified atom stereocenters. The molecular formula is C23H26N4O2S2. The van der Waals surface area contributed by atoms with Gasteiger partial charge in [-0.3, -0.25) is 9.59 Å². The maximum Gasteiger partial charge on any atom is 0.260 e. The van der Waals surface area contributed by atoms with E-state index in [4.69, 9.17) is 4.98 Å². The van der Waals surface area contributed by atoms with Crippen LogP contribution in [-0.2, 0) is 17.6 Å². The number of para-hydroxylation sites is 1. The topological polar surface area (TPSA) is 69.3 Å². The molecule has 0 bridgehead atoms. The molecule has 162 valence electrons. The van der Waals surface area contributed by atoms with Crippen molar-refractivity contribution in [1.82, 2.24) is 14.9 Å². The second-order valence-electron chi connectivity index (χ2n) is 8.17. The van der Waals surface area contributed by atoms with Gasteiger partial charge in [0.25, 0.3) is 5.56 Å². The van der Waals surface area contributed by atoms with Crippen molar-refractivity contribution < 1.29 is 4.79 Å². The van der Waals surface area contributed by atoms with Gasteiger partial charge in [0.1, 0.15) is 4.83 Å². The van der Waals surface area contributed by atoms with Gasteiger partial charge in [-0.15, -0.1) is 11.3 Å². The molecule has 0 spiro atoms. The van der Waals surface area contributed by atoms with Crippen LogP contribution >= 0.6 is 23.1 Å². The number of nitrogens with one attached hydrogen (secondary N) is 1. The molecule has 0 radical (unpaired) electrons. The van der Waals surface area contributed by atoms with Gasteiger partial charge in [-0.05, 0) is 50.3 Å². The molecule has 3 aromatic rings. The molecule has 1 atom stereocenters. The Bertz CT molecular complexity index is 1150. The molecule has 31 heavy (non-hydrogen) atoms. The second kappa shape index (κ2) is 8.67. The van der Waals surface area contributed by atoms with Gasteiger partial charge >= 0.3 is 0 Å². The number of H-pyrrole nitrogens is 1. The Balaban J connectivity index is 1.26. The minimum absolute atomic E-state index is 0.0666. The zero-order valence-electron chi connectivity index (χ0n) is 17.6. The van der Waals surface area contributed by atoms with Crippen LogP contribution in [0, 0.1) is 0 Å². The minimum atomic E-state index is -0.293. The first kappa shape index (κ1) is 20.6. The molecule has 8 heteroatoms. The van der Waals surface area contributed by atoms with Crippen LogP contribution in [0.2, 0.25) is 0 Å². The fourth-order valence-electron chi connectivity index (χ4n) is 4.50. The standard InChI is InChI=1S/C23H26N4O2S2/c1-15(22(29)27-13-11-26(12-14-27)16-7-3-2-4-8-16)30-23-24-20(28)19-17-9-5-6-10-18(17)31-21(19)25-23/h2-4,7-8,15H,5-6,9-14H2,1H3,(H,24,25,28)/t15-/m0/s1. The molecule has 1 amide bonds. The van der Waals surface area contributed by atoms with E-state index in [-0.39, 0.29) is 16.7 Å². The number of carbonyl (C=O) groups excluding carboxylic acids is 1. The molecule has 5 rings (SSSR count). The van der Waals surface area contributed by atoms with Crippen molar-refractivity contribution in [3.63, 3.8) is 0 Å². The molecule has 1 aliphatic carbocycles. The van der Waals surface area contributed by atoms with Gasteiger partial charge in [0.2, 0.25) is 5.91 Å². The summed E-state index contributed by atoms with van der Waals surface area (Å²) < 4.78 is 0. The average Bonchev–Trinajstić information content (AvgIpc) is 3.18. The van der Waals surface area contributed by atoms with Gasteiger partial charge in [-0.25, -0.2) is 4.98 Å². The number of aromatic nitrogens is 2. The number of thioether (sulfide) groups is 1. The Kier molecular flexibility index (Phi) is 5.75. The first-order chi connectivity index (χ1) is 15.1. The number of anilines is 1. The molecule has 6 nitrogen and oxygen atoms in total. The first-order valence-corrected chi connectivity index (χ1v) is 12.6. The Morgan fingerprint density at radius 1 is 1.13 bits per heavy atom. The van der Waals surface area contributed by atoms with Crippen LogP contribution < -0.4 is 10.5 Å². The minimum Gasteiger partial charge on any atom is -0.368 e. The fourth-order valence-corrected chi connectivity index (χ4v) is 6.70. The molecule has 1 saturated heterocycles. The molecule has 1 aromatic carbocycles. The van der Waals surface area contributed by atoms with Crippen molar-refractivity contribution in [1.29, 1.82) is 0 Å². The van der Waals surface area contributed by atoms with Crippen molar-refractivity contribution >= 4 is 44.9 Å². The Labute approximate surface area is 189 Å². The third-order valence-corrected chi connectivity index (χ3v) is 8.31. The number of hydrogen-bond acceptors (Lipinski definition) is 6. The number of rotatable bonds is 4. The molecule has 1 fully saturated rings. The molecule has 1 aliphatic heterocycles. The third kappa shape index (κ3) is 4.11. The summed E-state index contributed by atoms with van der Waals surface area (Å²) in [5, 5.41) is 1.01. The lowest BCUT2D eigenvalue weighted by Crippen LogP contribution is -2.50. The third-order valence-electron chi connectivity index (χ3n) is 6.15. The molecule has 2 aromatic heterocycles. The highest BCUT2D eigenvalue weighted by Gasteiger charge is 2.27. The van der Waals surface area contributed by atoms with Gasteiger partial charge in [0.05, 0.1) is 10.6 Å². The molecule has 0 saturated carbocycles. The Hall–Kier alpha value is -2.32. The lowest BCUT2D eigenvalue weighted by Gasteiger charge is -2.37. The Morgan fingerprint density at radius 3 is 2.65 bits per heavy atom. The van der Waals surface area contributed by atoms with E-state index in [0.717, 1.165) is 42.6 Å². The zero-order chi connectivity index (χ0) is 21.4. The lowest BCUT2D eigenvalue weighted by molar-refractivity contribution is -0.130. The number of hydrogen-bond donors (Lipinski definition) is 1. The molecular weight excluding hydrogens is 428 g/mol. The number of thiophene rings is 1. The zero-order valence-corrected chi connectivity index (χ0v) is 19.2. The maximum absolute atomic E-state index is 13.0. The number of nitrogens with zero attached hydrogens (tertiary/aromatic N) is 3. The number of aromatic amines is 1. The predicted molar refractivity (Wildman–Crippen MR) is 127 cm³/mol. The van der Waals surface area contributed by atoms with E-state index in [1.807, 2.05) is 30.0 Å². The van der Waals surface area contributed by atoms with Gasteiger partial charge < -0.3 is 14.8 Å². The number of aryl methyl sites for hydroxylation is 2. The summed E-state index contributed by atoms with van der Waals surface area (Å²) in [7, 11) is 0. The van der Waals surface area contributed by atoms with Gasteiger partial charge in [-0.1, -0.05) is 30.0 Å². The van der Waals surface area contributed by atoms with Crippen LogP contribution in [0.15, 0.2) is 40.3 Å². The molecule has 2 aliphatic rings. The summed E-state index contributed by atoms with van der Waals surface area (Å²) >= 11 is 3.00. The SMILES string of the molecule is C[C@H](Sc1nc2sc3c(c2c(=O)[nH]1)CCCC3)C(=O)N1CCN(c2ccccc2)CC1. The number of fused-ring (bicyclic) bond motifs is 3. The summed E-state index contributed by atoms with van der Waals surface area (Å²) in [6, 6.07) is 10.3. The highest BCUT2D eigenvalue weighted by Crippen LogP contribution is 2.34. The van der Waals surface area contributed by atoms with Gasteiger partial charge in [-0.2, -0.15) is 0 Å². The highest BCUT2D eigenvalue weighted by atomic mass is 32.2. The summed E-state index contributed by atoms with van der Waals surface area (Å²) in [6.07, 6.45) is 4.33. The monoisotopic (exact) mass is 454 g/mol. The van der Waals surface area contributed by atoms with Crippen LogP contribution in [0.1, 0.15) is 30.2 Å². The fraction of sp³-hybridized carbons (Fsp3) is 0.435. The molecule has 3 heterocycles. The van der Waals surface area contributed by atoms with E-state index in [2.05, 4.69) is 22.0 Å². The van der Waals surface area contributed by atoms with Crippen LogP contribution in [0.5, 0.6) is 0 Å².